The second kappa shape index (κ2) is 6.71. The fraction of sp³-hybridized carbons (Fsp3) is 0.933. The molecule has 4 heteroatoms. The maximum atomic E-state index is 11.7. The number of carbonyl (C=O) groups is 1. The summed E-state index contributed by atoms with van der Waals surface area (Å²) in [7, 11) is 0. The number of carbonyl (C=O) groups excluding carboxylic acids is 1. The van der Waals surface area contributed by atoms with Gasteiger partial charge in [0.2, 0.25) is 5.91 Å². The van der Waals surface area contributed by atoms with Gasteiger partial charge in [0.25, 0.3) is 0 Å². The maximum absolute atomic E-state index is 11.7. The smallest absolute Gasteiger partial charge is 0.220 e. The Morgan fingerprint density at radius 1 is 1.47 bits per heavy atom. The van der Waals surface area contributed by atoms with E-state index < -0.39 is 0 Å². The van der Waals surface area contributed by atoms with Gasteiger partial charge in [0.05, 0.1) is 6.10 Å². The first kappa shape index (κ1) is 14.8. The minimum Gasteiger partial charge on any atom is -0.392 e. The highest BCUT2D eigenvalue weighted by atomic mass is 16.3. The third-order valence-electron chi connectivity index (χ3n) is 4.51. The summed E-state index contributed by atoms with van der Waals surface area (Å²) in [6, 6.07) is 0. The Labute approximate surface area is 116 Å². The molecule has 19 heavy (non-hydrogen) atoms. The van der Waals surface area contributed by atoms with Gasteiger partial charge in [-0.25, -0.2) is 0 Å². The Kier molecular flexibility index (Phi) is 5.22. The summed E-state index contributed by atoms with van der Waals surface area (Å²) in [6.45, 7) is 5.90. The molecule has 1 aliphatic heterocycles. The molecule has 1 saturated carbocycles. The van der Waals surface area contributed by atoms with Crippen LogP contribution >= 0.6 is 0 Å². The lowest BCUT2D eigenvalue weighted by molar-refractivity contribution is -0.121. The fourth-order valence-corrected chi connectivity index (χ4v) is 2.73. The van der Waals surface area contributed by atoms with E-state index in [0.29, 0.717) is 11.8 Å². The standard InChI is InChI=1S/C15H28N2O2/c1-15(7-8-15)6-5-14(19)16-9-3-11-17-10-2-4-13(18)12-17/h13,18H,2-12H2,1H3,(H,16,19)/t13-/m1/s1. The Morgan fingerprint density at radius 2 is 2.26 bits per heavy atom. The molecule has 2 aliphatic rings. The van der Waals surface area contributed by atoms with Gasteiger partial charge in [-0.15, -0.1) is 0 Å². The quantitative estimate of drug-likeness (QED) is 0.689. The van der Waals surface area contributed by atoms with Crippen LogP contribution in [-0.4, -0.2) is 48.2 Å². The summed E-state index contributed by atoms with van der Waals surface area (Å²) >= 11 is 0. The lowest BCUT2D eigenvalue weighted by Crippen LogP contribution is -2.39. The summed E-state index contributed by atoms with van der Waals surface area (Å²) in [4.78, 5) is 14.0. The predicted octanol–water partition coefficient (Wildman–Crippen LogP) is 1.53. The van der Waals surface area contributed by atoms with E-state index in [1.807, 2.05) is 0 Å². The predicted molar refractivity (Wildman–Crippen MR) is 75.9 cm³/mol. The number of aliphatic hydroxyl groups excluding tert-OH is 1. The number of β-amino-alcohol motifs (C(OH)–C–C–N with tert-alkyl or cyclic N) is 1. The molecule has 1 atom stereocenters. The average Bonchev–Trinajstić information content (AvgIpc) is 3.11. The van der Waals surface area contributed by atoms with Crippen LogP contribution in [0.25, 0.3) is 0 Å². The van der Waals surface area contributed by atoms with E-state index in [1.165, 1.54) is 12.8 Å². The van der Waals surface area contributed by atoms with Crippen molar-refractivity contribution in [3.8, 4) is 0 Å². The van der Waals surface area contributed by atoms with Crippen LogP contribution in [0.4, 0.5) is 0 Å². The number of hydrogen-bond acceptors (Lipinski definition) is 3. The molecule has 1 heterocycles. The number of aliphatic hydroxyl groups is 1. The summed E-state index contributed by atoms with van der Waals surface area (Å²) in [5.41, 5.74) is 0.473. The highest BCUT2D eigenvalue weighted by Crippen LogP contribution is 2.48. The van der Waals surface area contributed by atoms with Gasteiger partial charge < -0.3 is 15.3 Å². The van der Waals surface area contributed by atoms with Crippen LogP contribution in [0.15, 0.2) is 0 Å². The van der Waals surface area contributed by atoms with Crippen molar-refractivity contribution in [2.24, 2.45) is 5.41 Å². The molecule has 0 aromatic rings. The summed E-state index contributed by atoms with van der Waals surface area (Å²) in [6.07, 6.45) is 7.15. The van der Waals surface area contributed by atoms with Crippen LogP contribution in [0, 0.1) is 5.41 Å². The normalized spacial score (nSPS) is 26.1. The van der Waals surface area contributed by atoms with Gasteiger partial charge >= 0.3 is 0 Å². The van der Waals surface area contributed by atoms with E-state index in [2.05, 4.69) is 17.1 Å². The Morgan fingerprint density at radius 3 is 2.95 bits per heavy atom. The van der Waals surface area contributed by atoms with E-state index in [9.17, 15) is 9.90 Å². The Hall–Kier alpha value is -0.610. The first-order chi connectivity index (χ1) is 9.07. The topological polar surface area (TPSA) is 52.6 Å². The zero-order valence-electron chi connectivity index (χ0n) is 12.2. The molecule has 0 aromatic heterocycles. The molecule has 2 fully saturated rings. The third-order valence-corrected chi connectivity index (χ3v) is 4.51. The molecule has 1 aliphatic carbocycles. The molecule has 2 N–H and O–H groups in total. The van der Waals surface area contributed by atoms with Gasteiger partial charge in [-0.1, -0.05) is 6.92 Å². The van der Waals surface area contributed by atoms with Crippen LogP contribution in [0.1, 0.15) is 51.9 Å². The fourth-order valence-electron chi connectivity index (χ4n) is 2.73. The van der Waals surface area contributed by atoms with Crippen LogP contribution in [-0.2, 0) is 4.79 Å². The minimum atomic E-state index is -0.150. The van der Waals surface area contributed by atoms with Crippen molar-refractivity contribution in [2.75, 3.05) is 26.2 Å². The van der Waals surface area contributed by atoms with Crippen LogP contribution in [0.5, 0.6) is 0 Å². The first-order valence-corrected chi connectivity index (χ1v) is 7.75. The van der Waals surface area contributed by atoms with Crippen molar-refractivity contribution in [2.45, 2.75) is 58.0 Å². The van der Waals surface area contributed by atoms with Gasteiger partial charge in [-0.2, -0.15) is 0 Å². The maximum Gasteiger partial charge on any atom is 0.220 e. The average molecular weight is 268 g/mol. The van der Waals surface area contributed by atoms with Crippen molar-refractivity contribution in [1.29, 1.82) is 0 Å². The molecule has 0 bridgehead atoms. The van der Waals surface area contributed by atoms with Gasteiger partial charge in [0, 0.05) is 19.5 Å². The van der Waals surface area contributed by atoms with Crippen molar-refractivity contribution >= 4 is 5.91 Å². The SMILES string of the molecule is CC1(CCC(=O)NCCCN2CCC[C@@H](O)C2)CC1. The molecule has 0 spiro atoms. The molecule has 0 aromatic carbocycles. The zero-order chi connectivity index (χ0) is 13.7. The molecular weight excluding hydrogens is 240 g/mol. The first-order valence-electron chi connectivity index (χ1n) is 7.75. The number of nitrogens with one attached hydrogen (secondary N) is 1. The highest BCUT2D eigenvalue weighted by Gasteiger charge is 2.36. The van der Waals surface area contributed by atoms with Crippen molar-refractivity contribution in [1.82, 2.24) is 10.2 Å². The Bertz CT molecular complexity index is 303. The summed E-state index contributed by atoms with van der Waals surface area (Å²) < 4.78 is 0. The second-order valence-corrected chi connectivity index (χ2v) is 6.61. The number of amides is 1. The zero-order valence-corrected chi connectivity index (χ0v) is 12.2. The summed E-state index contributed by atoms with van der Waals surface area (Å²) in [5.74, 6) is 0.201. The van der Waals surface area contributed by atoms with Crippen LogP contribution in [0.3, 0.4) is 0 Å². The van der Waals surface area contributed by atoms with E-state index in [-0.39, 0.29) is 12.0 Å². The molecule has 0 unspecified atom stereocenters. The van der Waals surface area contributed by atoms with E-state index in [0.717, 1.165) is 51.9 Å². The van der Waals surface area contributed by atoms with Gasteiger partial charge in [-0.05, 0) is 57.0 Å². The molecule has 110 valence electrons. The molecule has 2 rings (SSSR count). The number of hydrogen-bond donors (Lipinski definition) is 2. The van der Waals surface area contributed by atoms with Crippen LogP contribution < -0.4 is 5.32 Å². The minimum absolute atomic E-state index is 0.150. The largest absolute Gasteiger partial charge is 0.392 e. The van der Waals surface area contributed by atoms with Gasteiger partial charge in [0.15, 0.2) is 0 Å². The molecule has 1 saturated heterocycles. The second-order valence-electron chi connectivity index (χ2n) is 6.61. The van der Waals surface area contributed by atoms with Crippen molar-refractivity contribution < 1.29 is 9.90 Å². The van der Waals surface area contributed by atoms with E-state index in [4.69, 9.17) is 0 Å². The number of nitrogens with zero attached hydrogens (tertiary/aromatic N) is 1. The van der Waals surface area contributed by atoms with E-state index >= 15 is 0 Å². The summed E-state index contributed by atoms with van der Waals surface area (Å²) in [5, 5.41) is 12.6. The monoisotopic (exact) mass is 268 g/mol. The van der Waals surface area contributed by atoms with Crippen LogP contribution in [0.2, 0.25) is 0 Å². The lowest BCUT2D eigenvalue weighted by atomic mass is 10.0. The molecular formula is C15H28N2O2. The molecule has 4 nitrogen and oxygen atoms in total. The van der Waals surface area contributed by atoms with Crippen molar-refractivity contribution in [3.05, 3.63) is 0 Å². The third kappa shape index (κ3) is 5.49. The number of rotatable bonds is 7. The Balaban J connectivity index is 1.48. The van der Waals surface area contributed by atoms with Gasteiger partial charge in [0.1, 0.15) is 0 Å². The molecule has 1 amide bonds. The highest BCUT2D eigenvalue weighted by molar-refractivity contribution is 5.75. The lowest BCUT2D eigenvalue weighted by Gasteiger charge is -2.29. The van der Waals surface area contributed by atoms with E-state index in [1.54, 1.807) is 0 Å². The van der Waals surface area contributed by atoms with Crippen molar-refractivity contribution in [3.63, 3.8) is 0 Å². The molecule has 0 radical (unpaired) electrons. The number of piperidine rings is 1. The number of likely N-dealkylation sites (tertiary alicyclic amines) is 1. The van der Waals surface area contributed by atoms with Gasteiger partial charge in [-0.3, -0.25) is 4.79 Å².